The molecule has 142 valence electrons. The second-order valence-corrected chi connectivity index (χ2v) is 6.28. The lowest BCUT2D eigenvalue weighted by Gasteiger charge is -2.21. The fraction of sp³-hybridized carbons (Fsp3) is 0.444. The monoisotopic (exact) mass is 369 g/mol. The number of hydrogen-bond acceptors (Lipinski definition) is 5. The smallest absolute Gasteiger partial charge is 0.423 e. The van der Waals surface area contributed by atoms with Crippen LogP contribution < -0.4 is 14.4 Å². The molecular formula is C18H22F3N3O2. The van der Waals surface area contributed by atoms with Crippen molar-refractivity contribution < 1.29 is 22.6 Å². The van der Waals surface area contributed by atoms with Crippen molar-refractivity contribution in [1.29, 1.82) is 0 Å². The third-order valence-electron chi connectivity index (χ3n) is 3.27. The van der Waals surface area contributed by atoms with Gasteiger partial charge in [0.25, 0.3) is 0 Å². The lowest BCUT2D eigenvalue weighted by molar-refractivity contribution is -0.139. The van der Waals surface area contributed by atoms with E-state index in [4.69, 9.17) is 9.47 Å². The zero-order valence-corrected chi connectivity index (χ0v) is 15.3. The maximum absolute atomic E-state index is 13.1. The van der Waals surface area contributed by atoms with E-state index in [2.05, 4.69) is 9.97 Å². The van der Waals surface area contributed by atoms with Gasteiger partial charge in [-0.05, 0) is 39.8 Å². The quantitative estimate of drug-likeness (QED) is 0.729. The molecule has 0 aliphatic heterocycles. The molecule has 0 unspecified atom stereocenters. The Morgan fingerprint density at radius 2 is 1.69 bits per heavy atom. The lowest BCUT2D eigenvalue weighted by Crippen LogP contribution is -2.19. The summed E-state index contributed by atoms with van der Waals surface area (Å²) in [4.78, 5) is 9.40. The van der Waals surface area contributed by atoms with Crippen LogP contribution in [-0.4, -0.2) is 29.2 Å². The van der Waals surface area contributed by atoms with Crippen molar-refractivity contribution >= 4 is 11.6 Å². The molecule has 0 saturated carbocycles. The average molecular weight is 369 g/mol. The van der Waals surface area contributed by atoms with Crippen LogP contribution in [0, 0.1) is 0 Å². The summed E-state index contributed by atoms with van der Waals surface area (Å²) in [6.07, 6.45) is -4.30. The van der Waals surface area contributed by atoms with Gasteiger partial charge in [0.2, 0.25) is 11.8 Å². The molecule has 26 heavy (non-hydrogen) atoms. The van der Waals surface area contributed by atoms with Crippen LogP contribution in [0.2, 0.25) is 0 Å². The Balaban J connectivity index is 2.38. The van der Waals surface area contributed by atoms with Gasteiger partial charge in [0.15, 0.2) is 0 Å². The van der Waals surface area contributed by atoms with E-state index in [-0.39, 0.29) is 12.1 Å². The number of aromatic nitrogens is 2. The molecule has 0 spiro atoms. The summed E-state index contributed by atoms with van der Waals surface area (Å²) >= 11 is 0. The Kier molecular flexibility index (Phi) is 5.94. The summed E-state index contributed by atoms with van der Waals surface area (Å²) in [5.41, 5.74) is -0.321. The Morgan fingerprint density at radius 3 is 2.27 bits per heavy atom. The van der Waals surface area contributed by atoms with Gasteiger partial charge >= 0.3 is 6.18 Å². The van der Waals surface area contributed by atoms with Crippen molar-refractivity contribution in [2.45, 2.75) is 46.1 Å². The fourth-order valence-electron chi connectivity index (χ4n) is 2.18. The van der Waals surface area contributed by atoms with Crippen molar-refractivity contribution in [2.24, 2.45) is 0 Å². The minimum absolute atomic E-state index is 0.00363. The van der Waals surface area contributed by atoms with Crippen LogP contribution in [0.1, 0.15) is 33.3 Å². The fourth-order valence-corrected chi connectivity index (χ4v) is 2.18. The molecule has 1 heterocycles. The van der Waals surface area contributed by atoms with Crippen LogP contribution in [-0.2, 0) is 6.18 Å². The number of ether oxygens (including phenoxy) is 2. The van der Waals surface area contributed by atoms with E-state index in [0.717, 1.165) is 6.20 Å². The summed E-state index contributed by atoms with van der Waals surface area (Å²) in [5, 5.41) is 0. The number of nitrogens with zero attached hydrogens (tertiary/aromatic N) is 3. The first-order valence-corrected chi connectivity index (χ1v) is 8.19. The molecule has 1 aromatic carbocycles. The summed E-state index contributed by atoms with van der Waals surface area (Å²) in [6.45, 7) is 7.09. The van der Waals surface area contributed by atoms with Crippen LogP contribution in [0.3, 0.4) is 0 Å². The van der Waals surface area contributed by atoms with Gasteiger partial charge < -0.3 is 14.4 Å². The maximum Gasteiger partial charge on any atom is 0.423 e. The van der Waals surface area contributed by atoms with Crippen LogP contribution in [0.25, 0.3) is 0 Å². The SMILES string of the molecule is CC(C)Oc1cccc(N(C)c2ncc(C(F)(F)F)c(OC(C)C)n2)c1. The molecule has 0 amide bonds. The van der Waals surface area contributed by atoms with Gasteiger partial charge in [-0.15, -0.1) is 0 Å². The second-order valence-electron chi connectivity index (χ2n) is 6.28. The standard InChI is InChI=1S/C18H22F3N3O2/c1-11(2)25-14-8-6-7-13(9-14)24(5)17-22-10-15(18(19,20)21)16(23-17)26-12(3)4/h6-12H,1-5H3. The topological polar surface area (TPSA) is 47.5 Å². The highest BCUT2D eigenvalue weighted by Gasteiger charge is 2.36. The molecule has 0 N–H and O–H groups in total. The number of halogens is 3. The molecule has 2 rings (SSSR count). The Morgan fingerprint density at radius 1 is 1.04 bits per heavy atom. The van der Waals surface area contributed by atoms with E-state index in [9.17, 15) is 13.2 Å². The van der Waals surface area contributed by atoms with Crippen molar-refractivity contribution in [3.05, 3.63) is 36.0 Å². The zero-order chi connectivity index (χ0) is 19.5. The Hall–Kier alpha value is -2.51. The first-order chi connectivity index (χ1) is 12.1. The molecule has 1 aromatic heterocycles. The largest absolute Gasteiger partial charge is 0.491 e. The predicted molar refractivity (Wildman–Crippen MR) is 93.1 cm³/mol. The van der Waals surface area contributed by atoms with Gasteiger partial charge in [-0.3, -0.25) is 0 Å². The van der Waals surface area contributed by atoms with E-state index >= 15 is 0 Å². The minimum Gasteiger partial charge on any atom is -0.491 e. The maximum atomic E-state index is 13.1. The van der Waals surface area contributed by atoms with Crippen LogP contribution in [0.4, 0.5) is 24.8 Å². The van der Waals surface area contributed by atoms with Gasteiger partial charge in [-0.1, -0.05) is 6.07 Å². The molecule has 0 bridgehead atoms. The predicted octanol–water partition coefficient (Wildman–Crippen LogP) is 4.84. The van der Waals surface area contributed by atoms with Gasteiger partial charge in [0.05, 0.1) is 12.2 Å². The average Bonchev–Trinajstić information content (AvgIpc) is 2.52. The number of hydrogen-bond donors (Lipinski definition) is 0. The number of rotatable bonds is 6. The van der Waals surface area contributed by atoms with E-state index < -0.39 is 23.7 Å². The summed E-state index contributed by atoms with van der Waals surface area (Å²) in [5.74, 6) is 0.254. The summed E-state index contributed by atoms with van der Waals surface area (Å²) < 4.78 is 50.3. The van der Waals surface area contributed by atoms with Crippen molar-refractivity contribution in [1.82, 2.24) is 9.97 Å². The molecular weight excluding hydrogens is 347 g/mol. The van der Waals surface area contributed by atoms with Crippen molar-refractivity contribution in [3.63, 3.8) is 0 Å². The third kappa shape index (κ3) is 5.00. The molecule has 0 atom stereocenters. The van der Waals surface area contributed by atoms with E-state index in [0.29, 0.717) is 11.4 Å². The molecule has 0 aliphatic rings. The first-order valence-electron chi connectivity index (χ1n) is 8.19. The van der Waals surface area contributed by atoms with E-state index in [1.54, 1.807) is 50.1 Å². The molecule has 2 aromatic rings. The summed E-state index contributed by atoms with van der Waals surface area (Å²) in [6, 6.07) is 7.15. The molecule has 0 saturated heterocycles. The van der Waals surface area contributed by atoms with Gasteiger partial charge in [0, 0.05) is 25.0 Å². The number of alkyl halides is 3. The second kappa shape index (κ2) is 7.80. The molecule has 8 heteroatoms. The molecule has 0 fully saturated rings. The van der Waals surface area contributed by atoms with Crippen LogP contribution in [0.15, 0.2) is 30.5 Å². The highest BCUT2D eigenvalue weighted by atomic mass is 19.4. The highest BCUT2D eigenvalue weighted by Crippen LogP contribution is 2.36. The van der Waals surface area contributed by atoms with Crippen LogP contribution >= 0.6 is 0 Å². The van der Waals surface area contributed by atoms with Crippen LogP contribution in [0.5, 0.6) is 11.6 Å². The molecule has 0 aliphatic carbocycles. The summed E-state index contributed by atoms with van der Waals surface area (Å²) in [7, 11) is 1.66. The van der Waals surface area contributed by atoms with Gasteiger partial charge in [-0.25, -0.2) is 4.98 Å². The van der Waals surface area contributed by atoms with E-state index in [1.165, 1.54) is 0 Å². The van der Waals surface area contributed by atoms with Crippen molar-refractivity contribution in [3.8, 4) is 11.6 Å². The van der Waals surface area contributed by atoms with Crippen molar-refractivity contribution in [2.75, 3.05) is 11.9 Å². The van der Waals surface area contributed by atoms with E-state index in [1.807, 2.05) is 13.8 Å². The Labute approximate surface area is 150 Å². The molecule has 0 radical (unpaired) electrons. The highest BCUT2D eigenvalue weighted by molar-refractivity contribution is 5.59. The Bertz CT molecular complexity index is 749. The lowest BCUT2D eigenvalue weighted by atomic mass is 10.2. The van der Waals surface area contributed by atoms with Gasteiger partial charge in [-0.2, -0.15) is 18.2 Å². The van der Waals surface area contributed by atoms with Gasteiger partial charge in [0.1, 0.15) is 11.3 Å². The first kappa shape index (κ1) is 19.8. The number of anilines is 2. The number of benzene rings is 1. The molecule has 5 nitrogen and oxygen atoms in total. The normalized spacial score (nSPS) is 11.8. The zero-order valence-electron chi connectivity index (χ0n) is 15.3. The third-order valence-corrected chi connectivity index (χ3v) is 3.27. The minimum atomic E-state index is -4.59.